The minimum absolute atomic E-state index is 0.185. The number of aliphatic hydroxyl groups excluding tert-OH is 1. The Kier molecular flexibility index (Phi) is 4.95. The molecule has 0 radical (unpaired) electrons. The Balaban J connectivity index is 1.71. The summed E-state index contributed by atoms with van der Waals surface area (Å²) in [6.07, 6.45) is 7.06. The Morgan fingerprint density at radius 1 is 0.821 bits per heavy atom. The number of benzene rings is 2. The number of aromatic nitrogens is 3. The Bertz CT molecular complexity index is 1050. The lowest BCUT2D eigenvalue weighted by atomic mass is 9.94. The van der Waals surface area contributed by atoms with Crippen LogP contribution in [0.3, 0.4) is 0 Å². The average Bonchev–Trinajstić information content (AvgIpc) is 3.25. The van der Waals surface area contributed by atoms with Crippen molar-refractivity contribution in [2.45, 2.75) is 12.1 Å². The first-order valence-electron chi connectivity index (χ1n) is 8.74. The highest BCUT2D eigenvalue weighted by atomic mass is 19.1. The summed E-state index contributed by atoms with van der Waals surface area (Å²) < 4.78 is 29.4. The van der Waals surface area contributed by atoms with Crippen molar-refractivity contribution in [2.24, 2.45) is 0 Å². The van der Waals surface area contributed by atoms with E-state index in [1.54, 1.807) is 41.5 Å². The number of nitrogens with zero attached hydrogens (tertiary/aromatic N) is 3. The topological polar surface area (TPSA) is 50.9 Å². The van der Waals surface area contributed by atoms with Crippen molar-refractivity contribution >= 4 is 0 Å². The molecule has 0 spiro atoms. The monoisotopic (exact) mass is 377 g/mol. The van der Waals surface area contributed by atoms with Crippen LogP contribution in [0.25, 0.3) is 11.1 Å². The number of rotatable bonds is 5. The third-order valence-corrected chi connectivity index (χ3v) is 4.69. The quantitative estimate of drug-likeness (QED) is 0.555. The largest absolute Gasteiger partial charge is 0.386 e. The number of aliphatic hydroxyl groups is 1. The summed E-state index contributed by atoms with van der Waals surface area (Å²) in [7, 11) is 0. The second-order valence-electron chi connectivity index (χ2n) is 6.42. The van der Waals surface area contributed by atoms with Crippen molar-refractivity contribution in [3.8, 4) is 11.1 Å². The molecule has 2 atom stereocenters. The first kappa shape index (κ1) is 18.0. The molecule has 140 valence electrons. The van der Waals surface area contributed by atoms with Crippen LogP contribution < -0.4 is 0 Å². The van der Waals surface area contributed by atoms with E-state index in [0.29, 0.717) is 5.56 Å². The van der Waals surface area contributed by atoms with Gasteiger partial charge in [-0.15, -0.1) is 0 Å². The maximum atomic E-state index is 14.5. The zero-order valence-electron chi connectivity index (χ0n) is 14.8. The third kappa shape index (κ3) is 3.54. The second kappa shape index (κ2) is 7.70. The van der Waals surface area contributed by atoms with Crippen molar-refractivity contribution in [3.05, 3.63) is 108 Å². The standard InChI is InChI=1S/C22H17F2N3O/c23-18-5-6-19(20(24)13-18)21(27-12-11-26-14-27)22(28)17-3-1-15(2-4-17)16-7-9-25-10-8-16/h1-14,21-22,28H. The average molecular weight is 377 g/mol. The molecule has 28 heavy (non-hydrogen) atoms. The summed E-state index contributed by atoms with van der Waals surface area (Å²) >= 11 is 0. The van der Waals surface area contributed by atoms with Gasteiger partial charge >= 0.3 is 0 Å². The molecule has 0 saturated heterocycles. The summed E-state index contributed by atoms with van der Waals surface area (Å²) in [5.74, 6) is -1.38. The molecule has 1 N–H and O–H groups in total. The van der Waals surface area contributed by atoms with Gasteiger partial charge in [-0.2, -0.15) is 0 Å². The fourth-order valence-electron chi connectivity index (χ4n) is 3.27. The van der Waals surface area contributed by atoms with Crippen molar-refractivity contribution in [1.29, 1.82) is 0 Å². The Morgan fingerprint density at radius 3 is 2.18 bits per heavy atom. The number of halogens is 2. The predicted molar refractivity (Wildman–Crippen MR) is 101 cm³/mol. The van der Waals surface area contributed by atoms with Crippen LogP contribution in [-0.2, 0) is 0 Å². The summed E-state index contributed by atoms with van der Waals surface area (Å²) in [5, 5.41) is 11.0. The zero-order valence-corrected chi connectivity index (χ0v) is 14.8. The van der Waals surface area contributed by atoms with Crippen molar-refractivity contribution in [2.75, 3.05) is 0 Å². The maximum Gasteiger partial charge on any atom is 0.131 e. The molecule has 0 saturated carbocycles. The van der Waals surface area contributed by atoms with Crippen LogP contribution in [0.5, 0.6) is 0 Å². The van der Waals surface area contributed by atoms with Crippen LogP contribution in [0.15, 0.2) is 85.7 Å². The molecule has 6 heteroatoms. The SMILES string of the molecule is OC(c1ccc(-c2ccncc2)cc1)C(c1ccc(F)cc1F)n1ccnc1. The Morgan fingerprint density at radius 2 is 1.54 bits per heavy atom. The Hall–Kier alpha value is -3.38. The van der Waals surface area contributed by atoms with Gasteiger partial charge in [0.25, 0.3) is 0 Å². The summed E-state index contributed by atoms with van der Waals surface area (Å²) in [6.45, 7) is 0. The summed E-state index contributed by atoms with van der Waals surface area (Å²) in [5.41, 5.74) is 2.78. The van der Waals surface area contributed by atoms with E-state index in [2.05, 4.69) is 9.97 Å². The minimum Gasteiger partial charge on any atom is -0.386 e. The van der Waals surface area contributed by atoms with Crippen LogP contribution in [0, 0.1) is 11.6 Å². The van der Waals surface area contributed by atoms with Gasteiger partial charge in [0.15, 0.2) is 0 Å². The molecule has 0 aliphatic rings. The molecule has 0 aliphatic carbocycles. The first-order valence-corrected chi connectivity index (χ1v) is 8.74. The lowest BCUT2D eigenvalue weighted by molar-refractivity contribution is 0.129. The molecule has 2 aromatic heterocycles. The fraction of sp³-hybridized carbons (Fsp3) is 0.0909. The number of hydrogen-bond acceptors (Lipinski definition) is 3. The lowest BCUT2D eigenvalue weighted by Gasteiger charge is -2.25. The molecule has 4 aromatic rings. The second-order valence-corrected chi connectivity index (χ2v) is 6.42. The van der Waals surface area contributed by atoms with Crippen LogP contribution in [0.1, 0.15) is 23.3 Å². The molecule has 0 fully saturated rings. The van der Waals surface area contributed by atoms with Gasteiger partial charge in [-0.05, 0) is 34.9 Å². The highest BCUT2D eigenvalue weighted by molar-refractivity contribution is 5.63. The molecular formula is C22H17F2N3O. The van der Waals surface area contributed by atoms with Gasteiger partial charge in [0.2, 0.25) is 0 Å². The van der Waals surface area contributed by atoms with Crippen LogP contribution >= 0.6 is 0 Å². The van der Waals surface area contributed by atoms with Gasteiger partial charge in [-0.3, -0.25) is 4.98 Å². The minimum atomic E-state index is -1.05. The maximum absolute atomic E-state index is 14.5. The molecule has 2 aromatic carbocycles. The van der Waals surface area contributed by atoms with Gasteiger partial charge in [0.1, 0.15) is 17.7 Å². The summed E-state index contributed by atoms with van der Waals surface area (Å²) in [4.78, 5) is 8.00. The number of pyridine rings is 1. The molecule has 0 aliphatic heterocycles. The molecular weight excluding hydrogens is 360 g/mol. The highest BCUT2D eigenvalue weighted by Gasteiger charge is 2.27. The van der Waals surface area contributed by atoms with Crippen LogP contribution in [0.2, 0.25) is 0 Å². The van der Waals surface area contributed by atoms with E-state index in [4.69, 9.17) is 0 Å². The normalized spacial score (nSPS) is 13.2. The van der Waals surface area contributed by atoms with Gasteiger partial charge in [-0.1, -0.05) is 30.3 Å². The molecule has 4 nitrogen and oxygen atoms in total. The van der Waals surface area contributed by atoms with Gasteiger partial charge in [0.05, 0.1) is 12.4 Å². The lowest BCUT2D eigenvalue weighted by Crippen LogP contribution is -2.19. The fourth-order valence-corrected chi connectivity index (χ4v) is 3.27. The third-order valence-electron chi connectivity index (χ3n) is 4.69. The highest BCUT2D eigenvalue weighted by Crippen LogP contribution is 2.34. The van der Waals surface area contributed by atoms with Crippen LogP contribution in [-0.4, -0.2) is 19.6 Å². The number of hydrogen-bond donors (Lipinski definition) is 1. The van der Waals surface area contributed by atoms with E-state index in [1.807, 2.05) is 24.3 Å². The van der Waals surface area contributed by atoms with Gasteiger partial charge < -0.3 is 9.67 Å². The Labute approximate surface area is 160 Å². The first-order chi connectivity index (χ1) is 13.6. The van der Waals surface area contributed by atoms with Crippen LogP contribution in [0.4, 0.5) is 8.78 Å². The van der Waals surface area contributed by atoms with Crippen molar-refractivity contribution in [1.82, 2.24) is 14.5 Å². The molecule has 2 heterocycles. The van der Waals surface area contributed by atoms with E-state index in [9.17, 15) is 13.9 Å². The van der Waals surface area contributed by atoms with Gasteiger partial charge in [0, 0.05) is 36.4 Å². The number of imidazole rings is 1. The smallest absolute Gasteiger partial charge is 0.131 e. The summed E-state index contributed by atoms with van der Waals surface area (Å²) in [6, 6.07) is 13.7. The molecule has 2 unspecified atom stereocenters. The van der Waals surface area contributed by atoms with E-state index in [-0.39, 0.29) is 5.56 Å². The molecule has 0 bridgehead atoms. The molecule has 4 rings (SSSR count). The zero-order chi connectivity index (χ0) is 19.5. The van der Waals surface area contributed by atoms with E-state index >= 15 is 0 Å². The molecule has 0 amide bonds. The van der Waals surface area contributed by atoms with Crippen molar-refractivity contribution in [3.63, 3.8) is 0 Å². The van der Waals surface area contributed by atoms with E-state index in [1.165, 1.54) is 18.5 Å². The van der Waals surface area contributed by atoms with Gasteiger partial charge in [-0.25, -0.2) is 13.8 Å². The predicted octanol–water partition coefficient (Wildman–Crippen LogP) is 4.55. The van der Waals surface area contributed by atoms with E-state index in [0.717, 1.165) is 17.2 Å². The van der Waals surface area contributed by atoms with Crippen molar-refractivity contribution < 1.29 is 13.9 Å². The van der Waals surface area contributed by atoms with E-state index < -0.39 is 23.8 Å².